The lowest BCUT2D eigenvalue weighted by Gasteiger charge is -2.14. The lowest BCUT2D eigenvalue weighted by Crippen LogP contribution is -1.94. The van der Waals surface area contributed by atoms with Crippen LogP contribution in [-0.4, -0.2) is 19.4 Å². The van der Waals surface area contributed by atoms with Gasteiger partial charge in [0.15, 0.2) is 0 Å². The van der Waals surface area contributed by atoms with Crippen molar-refractivity contribution in [3.05, 3.63) is 158 Å². The Morgan fingerprint density at radius 1 is 0.444 bits per heavy atom. The van der Waals surface area contributed by atoms with E-state index < -0.39 is 0 Å². The summed E-state index contributed by atoms with van der Waals surface area (Å²) < 4.78 is 2.06. The van der Waals surface area contributed by atoms with E-state index in [2.05, 4.69) is 126 Å². The fourth-order valence-electron chi connectivity index (χ4n) is 6.37. The zero-order chi connectivity index (χ0) is 29.7. The summed E-state index contributed by atoms with van der Waals surface area (Å²) in [6, 6.07) is 50.8. The minimum atomic E-state index is 0.936. The highest BCUT2D eigenvalue weighted by molar-refractivity contribution is 6.20. The highest BCUT2D eigenvalue weighted by atomic mass is 15.0. The molecule has 0 bridgehead atoms. The molecule has 5 aromatic carbocycles. The van der Waals surface area contributed by atoms with Gasteiger partial charge in [0.1, 0.15) is 5.65 Å². The van der Waals surface area contributed by atoms with Gasteiger partial charge in [-0.1, -0.05) is 115 Å². The van der Waals surface area contributed by atoms with Crippen LogP contribution in [-0.2, 0) is 0 Å². The number of rotatable bonds is 4. The van der Waals surface area contributed by atoms with Gasteiger partial charge in [-0.15, -0.1) is 0 Å². The Morgan fingerprint density at radius 3 is 2.00 bits per heavy atom. The van der Waals surface area contributed by atoms with Gasteiger partial charge < -0.3 is 4.40 Å². The first-order valence-corrected chi connectivity index (χ1v) is 15.1. The van der Waals surface area contributed by atoms with E-state index in [1.165, 1.54) is 0 Å². The van der Waals surface area contributed by atoms with Crippen molar-refractivity contribution < 1.29 is 0 Å². The van der Waals surface area contributed by atoms with Gasteiger partial charge in [-0.2, -0.15) is 0 Å². The van der Waals surface area contributed by atoms with Crippen molar-refractivity contribution >= 4 is 38.2 Å². The minimum absolute atomic E-state index is 0.936. The van der Waals surface area contributed by atoms with Crippen molar-refractivity contribution in [1.82, 2.24) is 19.4 Å². The molecule has 0 aliphatic heterocycles. The first-order valence-electron chi connectivity index (χ1n) is 15.1. The van der Waals surface area contributed by atoms with Crippen molar-refractivity contribution in [3.63, 3.8) is 0 Å². The molecule has 9 rings (SSSR count). The van der Waals surface area contributed by atoms with E-state index in [0.29, 0.717) is 0 Å². The molecule has 0 saturated heterocycles. The Balaban J connectivity index is 1.25. The number of aromatic nitrogens is 4. The molecule has 210 valence electrons. The third-order valence-electron chi connectivity index (χ3n) is 8.59. The number of hydrogen-bond acceptors (Lipinski definition) is 3. The van der Waals surface area contributed by atoms with Crippen molar-refractivity contribution in [3.8, 4) is 44.9 Å². The molecular weight excluding hydrogens is 548 g/mol. The van der Waals surface area contributed by atoms with Crippen LogP contribution in [0.2, 0.25) is 0 Å². The van der Waals surface area contributed by atoms with Crippen LogP contribution in [0.5, 0.6) is 0 Å². The van der Waals surface area contributed by atoms with E-state index in [-0.39, 0.29) is 0 Å². The highest BCUT2D eigenvalue weighted by Crippen LogP contribution is 2.39. The molecule has 4 nitrogen and oxygen atoms in total. The Morgan fingerprint density at radius 2 is 1.16 bits per heavy atom. The van der Waals surface area contributed by atoms with E-state index in [1.54, 1.807) is 0 Å². The SMILES string of the molecule is c1ccc(-c2ccc3ccc4c5ccc(-c6cccc(-c7cn8ccccc8n7)c6)cc5nc(-c5ccccc5)c4c3n2)cc1. The van der Waals surface area contributed by atoms with Gasteiger partial charge >= 0.3 is 0 Å². The Hall–Kier alpha value is -6.13. The second kappa shape index (κ2) is 10.2. The third-order valence-corrected chi connectivity index (χ3v) is 8.59. The zero-order valence-corrected chi connectivity index (χ0v) is 24.3. The molecule has 0 aliphatic rings. The van der Waals surface area contributed by atoms with E-state index in [4.69, 9.17) is 15.0 Å². The van der Waals surface area contributed by atoms with Gasteiger partial charge in [0, 0.05) is 45.2 Å². The maximum Gasteiger partial charge on any atom is 0.137 e. The second-order valence-corrected chi connectivity index (χ2v) is 11.4. The number of benzene rings is 5. The molecule has 0 radical (unpaired) electrons. The maximum atomic E-state index is 5.37. The number of nitrogens with zero attached hydrogens (tertiary/aromatic N) is 4. The predicted octanol–water partition coefficient (Wildman–Crippen LogP) is 10.3. The summed E-state index contributed by atoms with van der Waals surface area (Å²) >= 11 is 0. The van der Waals surface area contributed by atoms with E-state index in [9.17, 15) is 0 Å². The van der Waals surface area contributed by atoms with Gasteiger partial charge in [-0.3, -0.25) is 0 Å². The standard InChI is InChI=1S/C41H26N4/c1-3-10-27(11-4-1)35-22-19-29-17-21-34-33-20-18-31(25-36(33)44-40(39(34)41(29)43-35)28-12-5-2-6-13-28)30-14-9-15-32(24-30)37-26-45-23-8-7-16-38(45)42-37/h1-26H. The summed E-state index contributed by atoms with van der Waals surface area (Å²) in [5, 5.41) is 4.43. The van der Waals surface area contributed by atoms with Crippen molar-refractivity contribution in [2.24, 2.45) is 0 Å². The van der Waals surface area contributed by atoms with Gasteiger partial charge in [0.05, 0.1) is 28.1 Å². The molecule has 0 spiro atoms. The lowest BCUT2D eigenvalue weighted by atomic mass is 9.95. The molecule has 0 N–H and O–H groups in total. The molecule has 0 fully saturated rings. The molecule has 0 aliphatic carbocycles. The first-order chi connectivity index (χ1) is 22.3. The number of imidazole rings is 1. The largest absolute Gasteiger partial charge is 0.306 e. The summed E-state index contributed by atoms with van der Waals surface area (Å²) in [6.07, 6.45) is 4.11. The van der Waals surface area contributed by atoms with Crippen LogP contribution in [0.1, 0.15) is 0 Å². The van der Waals surface area contributed by atoms with Crippen LogP contribution in [0.4, 0.5) is 0 Å². The average molecular weight is 575 g/mol. The lowest BCUT2D eigenvalue weighted by molar-refractivity contribution is 1.19. The van der Waals surface area contributed by atoms with Crippen LogP contribution in [0.15, 0.2) is 158 Å². The van der Waals surface area contributed by atoms with Gasteiger partial charge in [0.2, 0.25) is 0 Å². The fourth-order valence-corrected chi connectivity index (χ4v) is 6.37. The molecule has 0 amide bonds. The molecule has 4 heterocycles. The van der Waals surface area contributed by atoms with E-state index >= 15 is 0 Å². The minimum Gasteiger partial charge on any atom is -0.306 e. The summed E-state index contributed by atoms with van der Waals surface area (Å²) in [5.41, 5.74) is 11.2. The van der Waals surface area contributed by atoms with E-state index in [0.717, 1.165) is 83.1 Å². The quantitative estimate of drug-likeness (QED) is 0.196. The first kappa shape index (κ1) is 25.4. The van der Waals surface area contributed by atoms with Crippen LogP contribution in [0.3, 0.4) is 0 Å². The van der Waals surface area contributed by atoms with Crippen LogP contribution < -0.4 is 0 Å². The molecule has 4 heteroatoms. The number of fused-ring (bicyclic) bond motifs is 6. The van der Waals surface area contributed by atoms with Gasteiger partial charge in [-0.05, 0) is 46.8 Å². The molecule has 0 atom stereocenters. The molecule has 45 heavy (non-hydrogen) atoms. The Labute approximate surface area is 259 Å². The summed E-state index contributed by atoms with van der Waals surface area (Å²) in [4.78, 5) is 15.4. The van der Waals surface area contributed by atoms with Gasteiger partial charge in [-0.25, -0.2) is 15.0 Å². The third kappa shape index (κ3) is 4.35. The normalized spacial score (nSPS) is 11.6. The zero-order valence-electron chi connectivity index (χ0n) is 24.3. The highest BCUT2D eigenvalue weighted by Gasteiger charge is 2.16. The summed E-state index contributed by atoms with van der Waals surface area (Å²) in [6.45, 7) is 0. The maximum absolute atomic E-state index is 5.37. The fraction of sp³-hybridized carbons (Fsp3) is 0. The Kier molecular flexibility index (Phi) is 5.78. The van der Waals surface area contributed by atoms with Crippen molar-refractivity contribution in [1.29, 1.82) is 0 Å². The molecular formula is C41H26N4. The van der Waals surface area contributed by atoms with Gasteiger partial charge in [0.25, 0.3) is 0 Å². The molecule has 0 unspecified atom stereocenters. The van der Waals surface area contributed by atoms with Crippen molar-refractivity contribution in [2.75, 3.05) is 0 Å². The molecule has 4 aromatic heterocycles. The molecule has 0 saturated carbocycles. The number of pyridine rings is 3. The van der Waals surface area contributed by atoms with E-state index in [1.807, 2.05) is 36.5 Å². The smallest absolute Gasteiger partial charge is 0.137 e. The predicted molar refractivity (Wildman–Crippen MR) is 185 cm³/mol. The second-order valence-electron chi connectivity index (χ2n) is 11.4. The topological polar surface area (TPSA) is 43.1 Å². The number of hydrogen-bond donors (Lipinski definition) is 0. The average Bonchev–Trinajstić information content (AvgIpc) is 3.56. The monoisotopic (exact) mass is 574 g/mol. The van der Waals surface area contributed by atoms with Crippen LogP contribution >= 0.6 is 0 Å². The van der Waals surface area contributed by atoms with Crippen molar-refractivity contribution in [2.45, 2.75) is 0 Å². The summed E-state index contributed by atoms with van der Waals surface area (Å²) in [7, 11) is 0. The van der Waals surface area contributed by atoms with Crippen LogP contribution in [0.25, 0.3) is 83.1 Å². The molecule has 9 aromatic rings. The van der Waals surface area contributed by atoms with Crippen LogP contribution in [0, 0.1) is 0 Å². The summed E-state index contributed by atoms with van der Waals surface area (Å²) in [5.74, 6) is 0. The Bertz CT molecular complexity index is 2500.